The molecule has 1 heterocycles. The average Bonchev–Trinajstić information content (AvgIpc) is 2.86. The Labute approximate surface area is 199 Å². The largest absolute Gasteiger partial charge is 0.465 e. The molecule has 4 rings (SSSR count). The number of esters is 1. The van der Waals surface area contributed by atoms with E-state index in [-0.39, 0.29) is 24.0 Å². The van der Waals surface area contributed by atoms with E-state index in [0.29, 0.717) is 30.1 Å². The number of halogens is 1. The van der Waals surface area contributed by atoms with E-state index in [1.54, 1.807) is 12.1 Å². The minimum absolute atomic E-state index is 0.0222. The summed E-state index contributed by atoms with van der Waals surface area (Å²) in [6.45, 7) is 3.06. The zero-order chi connectivity index (χ0) is 23.4. The van der Waals surface area contributed by atoms with E-state index in [1.165, 1.54) is 18.2 Å². The predicted octanol–water partition coefficient (Wildman–Crippen LogP) is 4.93. The number of amides is 1. The second kappa shape index (κ2) is 10.2. The van der Waals surface area contributed by atoms with Crippen molar-refractivity contribution in [1.82, 2.24) is 10.2 Å². The molecular weight excluding hydrogens is 436 g/mol. The van der Waals surface area contributed by atoms with Crippen molar-refractivity contribution in [1.29, 1.82) is 0 Å². The third-order valence-electron chi connectivity index (χ3n) is 6.21. The van der Waals surface area contributed by atoms with Crippen LogP contribution >= 0.6 is 11.6 Å². The molecule has 0 unspecified atom stereocenters. The van der Waals surface area contributed by atoms with Gasteiger partial charge >= 0.3 is 5.97 Å². The van der Waals surface area contributed by atoms with Gasteiger partial charge < -0.3 is 15.0 Å². The number of ether oxygens (including phenoxy) is 1. The lowest BCUT2D eigenvalue weighted by Gasteiger charge is -2.35. The number of methoxy groups -OCH3 is 1. The van der Waals surface area contributed by atoms with Crippen molar-refractivity contribution in [2.45, 2.75) is 38.5 Å². The summed E-state index contributed by atoms with van der Waals surface area (Å²) in [6, 6.07) is 22.4. The number of hydrogen-bond donors (Lipinski definition) is 1. The lowest BCUT2D eigenvalue weighted by Crippen LogP contribution is -2.49. The van der Waals surface area contributed by atoms with E-state index < -0.39 is 0 Å². The lowest BCUT2D eigenvalue weighted by molar-refractivity contribution is -0.136. The quantitative estimate of drug-likeness (QED) is 0.527. The van der Waals surface area contributed by atoms with Crippen molar-refractivity contribution >= 4 is 23.5 Å². The SMILES string of the molecule is COC(=O)c1ccc(CN(C(=O)[C@@H]2Cc3ccccc3CN2)[C@H](C)c2ccccc2Cl)cc1. The Morgan fingerprint density at radius 1 is 1.03 bits per heavy atom. The summed E-state index contributed by atoms with van der Waals surface area (Å²) in [5.41, 5.74) is 4.72. The Morgan fingerprint density at radius 2 is 1.70 bits per heavy atom. The fraction of sp³-hybridized carbons (Fsp3) is 0.259. The van der Waals surface area contributed by atoms with E-state index in [0.717, 1.165) is 11.1 Å². The molecule has 0 bridgehead atoms. The molecule has 170 valence electrons. The van der Waals surface area contributed by atoms with Gasteiger partial charge in [-0.05, 0) is 53.8 Å². The van der Waals surface area contributed by atoms with Gasteiger partial charge in [-0.3, -0.25) is 4.79 Å². The molecule has 0 aromatic heterocycles. The third-order valence-corrected chi connectivity index (χ3v) is 6.56. The van der Waals surface area contributed by atoms with Gasteiger partial charge in [-0.2, -0.15) is 0 Å². The first-order valence-corrected chi connectivity index (χ1v) is 11.4. The minimum atomic E-state index is -0.385. The van der Waals surface area contributed by atoms with Crippen LogP contribution < -0.4 is 5.32 Å². The molecule has 2 atom stereocenters. The molecule has 0 saturated carbocycles. The zero-order valence-corrected chi connectivity index (χ0v) is 19.5. The van der Waals surface area contributed by atoms with Gasteiger partial charge in [-0.15, -0.1) is 0 Å². The normalized spacial score (nSPS) is 15.9. The molecule has 0 radical (unpaired) electrons. The number of carbonyl (C=O) groups is 2. The van der Waals surface area contributed by atoms with Crippen LogP contribution in [0.1, 0.15) is 45.6 Å². The van der Waals surface area contributed by atoms with E-state index in [4.69, 9.17) is 16.3 Å². The van der Waals surface area contributed by atoms with Gasteiger partial charge in [0.05, 0.1) is 24.8 Å². The maximum Gasteiger partial charge on any atom is 0.337 e. The van der Waals surface area contributed by atoms with Crippen LogP contribution in [0.15, 0.2) is 72.8 Å². The number of fused-ring (bicyclic) bond motifs is 1. The second-order valence-corrected chi connectivity index (χ2v) is 8.67. The highest BCUT2D eigenvalue weighted by Gasteiger charge is 2.31. The van der Waals surface area contributed by atoms with E-state index >= 15 is 0 Å². The molecule has 0 fully saturated rings. The Morgan fingerprint density at radius 3 is 2.39 bits per heavy atom. The number of benzene rings is 3. The van der Waals surface area contributed by atoms with Crippen molar-refractivity contribution in [2.75, 3.05) is 7.11 Å². The van der Waals surface area contributed by atoms with Gasteiger partial charge in [0, 0.05) is 18.1 Å². The summed E-state index contributed by atoms with van der Waals surface area (Å²) >= 11 is 6.49. The zero-order valence-electron chi connectivity index (χ0n) is 18.8. The van der Waals surface area contributed by atoms with Gasteiger partial charge in [0.25, 0.3) is 0 Å². The van der Waals surface area contributed by atoms with Gasteiger partial charge in [-0.25, -0.2) is 4.79 Å². The number of hydrogen-bond acceptors (Lipinski definition) is 4. The van der Waals surface area contributed by atoms with Crippen molar-refractivity contribution in [3.8, 4) is 0 Å². The molecule has 3 aromatic rings. The molecule has 1 aliphatic heterocycles. The molecule has 33 heavy (non-hydrogen) atoms. The lowest BCUT2D eigenvalue weighted by atomic mass is 9.94. The number of carbonyl (C=O) groups excluding carboxylic acids is 2. The fourth-order valence-corrected chi connectivity index (χ4v) is 4.57. The van der Waals surface area contributed by atoms with Crippen molar-refractivity contribution in [3.05, 3.63) is 106 Å². The Kier molecular flexibility index (Phi) is 7.11. The maximum absolute atomic E-state index is 13.8. The summed E-state index contributed by atoms with van der Waals surface area (Å²) in [5.74, 6) is -0.363. The van der Waals surface area contributed by atoms with E-state index in [2.05, 4.69) is 17.4 Å². The van der Waals surface area contributed by atoms with Crippen LogP contribution in [-0.4, -0.2) is 29.9 Å². The van der Waals surface area contributed by atoms with Crippen molar-refractivity contribution in [3.63, 3.8) is 0 Å². The fourth-order valence-electron chi connectivity index (χ4n) is 4.28. The topological polar surface area (TPSA) is 58.6 Å². The molecule has 0 spiro atoms. The molecule has 3 aromatic carbocycles. The number of nitrogens with zero attached hydrogens (tertiary/aromatic N) is 1. The monoisotopic (exact) mass is 462 g/mol. The maximum atomic E-state index is 13.8. The molecule has 5 nitrogen and oxygen atoms in total. The average molecular weight is 463 g/mol. The van der Waals surface area contributed by atoms with Gasteiger partial charge in [0.15, 0.2) is 0 Å². The van der Waals surface area contributed by atoms with Crippen molar-refractivity contribution < 1.29 is 14.3 Å². The Balaban J connectivity index is 1.62. The highest BCUT2D eigenvalue weighted by atomic mass is 35.5. The third kappa shape index (κ3) is 5.10. The molecule has 6 heteroatoms. The first kappa shape index (κ1) is 23.0. The summed E-state index contributed by atoms with van der Waals surface area (Å²) in [5, 5.41) is 4.04. The highest BCUT2D eigenvalue weighted by molar-refractivity contribution is 6.31. The van der Waals surface area contributed by atoms with Crippen LogP contribution in [0.3, 0.4) is 0 Å². The molecular formula is C27H27ClN2O3. The van der Waals surface area contributed by atoms with Crippen LogP contribution in [0.25, 0.3) is 0 Å². The number of rotatable bonds is 6. The van der Waals surface area contributed by atoms with Gasteiger partial charge in [-0.1, -0.05) is 66.2 Å². The van der Waals surface area contributed by atoms with Crippen LogP contribution in [0, 0.1) is 0 Å². The van der Waals surface area contributed by atoms with E-state index in [1.807, 2.05) is 60.4 Å². The summed E-state index contributed by atoms with van der Waals surface area (Å²) in [7, 11) is 1.36. The van der Waals surface area contributed by atoms with E-state index in [9.17, 15) is 9.59 Å². The summed E-state index contributed by atoms with van der Waals surface area (Å²) in [4.78, 5) is 27.5. The molecule has 0 aliphatic carbocycles. The van der Waals surface area contributed by atoms with Crippen LogP contribution in [0.4, 0.5) is 0 Å². The highest BCUT2D eigenvalue weighted by Crippen LogP contribution is 2.30. The smallest absolute Gasteiger partial charge is 0.337 e. The predicted molar refractivity (Wildman–Crippen MR) is 129 cm³/mol. The summed E-state index contributed by atoms with van der Waals surface area (Å²) < 4.78 is 4.79. The van der Waals surface area contributed by atoms with Gasteiger partial charge in [0.2, 0.25) is 5.91 Å². The standard InChI is InChI=1S/C27H27ClN2O3/c1-18(23-9-5-6-10-24(23)28)30(17-19-11-13-20(14-12-19)27(32)33-2)26(31)25-15-21-7-3-4-8-22(21)16-29-25/h3-14,18,25,29H,15-17H2,1-2H3/t18-,25+/m1/s1. The first-order valence-electron chi connectivity index (χ1n) is 11.0. The van der Waals surface area contributed by atoms with Crippen LogP contribution in [-0.2, 0) is 29.0 Å². The Bertz CT molecular complexity index is 1150. The Hall–Kier alpha value is -3.15. The van der Waals surface area contributed by atoms with Crippen molar-refractivity contribution in [2.24, 2.45) is 0 Å². The number of nitrogens with one attached hydrogen (secondary N) is 1. The second-order valence-electron chi connectivity index (χ2n) is 8.26. The summed E-state index contributed by atoms with van der Waals surface area (Å²) in [6.07, 6.45) is 0.641. The minimum Gasteiger partial charge on any atom is -0.465 e. The van der Waals surface area contributed by atoms with Crippen LogP contribution in [0.5, 0.6) is 0 Å². The molecule has 0 saturated heterocycles. The van der Waals surface area contributed by atoms with Crippen LogP contribution in [0.2, 0.25) is 5.02 Å². The molecule has 1 amide bonds. The first-order chi connectivity index (χ1) is 16.0. The van der Waals surface area contributed by atoms with Gasteiger partial charge in [0.1, 0.15) is 0 Å². The molecule has 1 N–H and O–H groups in total. The molecule has 1 aliphatic rings.